The van der Waals surface area contributed by atoms with E-state index in [-0.39, 0.29) is 12.1 Å². The number of nitrogens with zero attached hydrogens (tertiary/aromatic N) is 1. The second kappa shape index (κ2) is 4.43. The highest BCUT2D eigenvalue weighted by Gasteiger charge is 2.63. The number of ether oxygens (including phenoxy) is 1. The first-order chi connectivity index (χ1) is 9.76. The number of aromatic hydroxyl groups is 1. The van der Waals surface area contributed by atoms with Crippen molar-refractivity contribution in [3.05, 3.63) is 29.8 Å². The Morgan fingerprint density at radius 1 is 1.35 bits per heavy atom. The Hall–Kier alpha value is -1.14. The number of hydroxylamine groups is 1. The summed E-state index contributed by atoms with van der Waals surface area (Å²) in [5.41, 5.74) is 4.00. The molecule has 20 heavy (non-hydrogen) atoms. The van der Waals surface area contributed by atoms with Crippen LogP contribution in [0.1, 0.15) is 24.4 Å². The van der Waals surface area contributed by atoms with E-state index in [2.05, 4.69) is 10.4 Å². The lowest BCUT2D eigenvalue weighted by Gasteiger charge is -2.53. The van der Waals surface area contributed by atoms with Crippen LogP contribution in [0.25, 0.3) is 0 Å². The normalized spacial score (nSPS) is 42.6. The number of methoxy groups -OCH3 is 1. The first-order valence-corrected chi connectivity index (χ1v) is 7.27. The fourth-order valence-electron chi connectivity index (χ4n) is 4.20. The zero-order valence-electron chi connectivity index (χ0n) is 11.6. The number of hydrogen-bond acceptors (Lipinski definition) is 5. The van der Waals surface area contributed by atoms with Crippen LogP contribution in [0.15, 0.2) is 24.3 Å². The SMILES string of the molecule is CO[C@@]12ON[C@@H](c3ccccc3O)[C@H]1N1CCC2CC1. The predicted molar refractivity (Wildman–Crippen MR) is 72.9 cm³/mol. The summed E-state index contributed by atoms with van der Waals surface area (Å²) >= 11 is 0. The first kappa shape index (κ1) is 12.6. The average molecular weight is 276 g/mol. The van der Waals surface area contributed by atoms with Crippen molar-refractivity contribution in [3.63, 3.8) is 0 Å². The molecule has 5 heteroatoms. The number of fused-ring (bicyclic) bond motifs is 2. The van der Waals surface area contributed by atoms with Gasteiger partial charge in [-0.15, -0.1) is 0 Å². The second-order valence-corrected chi connectivity index (χ2v) is 5.94. The maximum Gasteiger partial charge on any atom is 0.207 e. The second-order valence-electron chi connectivity index (χ2n) is 5.94. The molecule has 0 radical (unpaired) electrons. The van der Waals surface area contributed by atoms with E-state index in [0.29, 0.717) is 11.7 Å². The zero-order chi connectivity index (χ0) is 13.7. The Kier molecular flexibility index (Phi) is 2.79. The van der Waals surface area contributed by atoms with Crippen LogP contribution in [-0.2, 0) is 9.57 Å². The van der Waals surface area contributed by atoms with Crippen LogP contribution in [0.2, 0.25) is 0 Å². The molecule has 0 unspecified atom stereocenters. The van der Waals surface area contributed by atoms with Crippen LogP contribution in [-0.4, -0.2) is 42.0 Å². The molecule has 0 spiro atoms. The molecule has 4 aliphatic heterocycles. The Labute approximate surface area is 118 Å². The van der Waals surface area contributed by atoms with Gasteiger partial charge in [0.15, 0.2) is 0 Å². The molecule has 0 amide bonds. The van der Waals surface area contributed by atoms with Gasteiger partial charge in [-0.25, -0.2) is 0 Å². The van der Waals surface area contributed by atoms with Crippen molar-refractivity contribution >= 4 is 0 Å². The third kappa shape index (κ3) is 1.52. The highest BCUT2D eigenvalue weighted by Crippen LogP contribution is 2.51. The van der Waals surface area contributed by atoms with E-state index in [1.54, 1.807) is 13.2 Å². The Bertz CT molecular complexity index is 516. The van der Waals surface area contributed by atoms with Crippen molar-refractivity contribution < 1.29 is 14.7 Å². The van der Waals surface area contributed by atoms with Gasteiger partial charge in [0.1, 0.15) is 5.75 Å². The van der Waals surface area contributed by atoms with Crippen molar-refractivity contribution in [2.24, 2.45) is 5.92 Å². The van der Waals surface area contributed by atoms with Gasteiger partial charge in [-0.1, -0.05) is 18.2 Å². The van der Waals surface area contributed by atoms with Gasteiger partial charge in [0.25, 0.3) is 0 Å². The molecule has 5 nitrogen and oxygen atoms in total. The van der Waals surface area contributed by atoms with E-state index in [0.717, 1.165) is 31.5 Å². The summed E-state index contributed by atoms with van der Waals surface area (Å²) < 4.78 is 5.82. The lowest BCUT2D eigenvalue weighted by Crippen LogP contribution is -2.65. The molecule has 5 rings (SSSR count). The minimum Gasteiger partial charge on any atom is -0.508 e. The van der Waals surface area contributed by atoms with Crippen molar-refractivity contribution in [2.75, 3.05) is 20.2 Å². The van der Waals surface area contributed by atoms with Crippen molar-refractivity contribution in [3.8, 4) is 5.75 Å². The summed E-state index contributed by atoms with van der Waals surface area (Å²) in [5, 5.41) is 10.1. The Morgan fingerprint density at radius 3 is 2.80 bits per heavy atom. The number of hydrogen-bond donors (Lipinski definition) is 2. The van der Waals surface area contributed by atoms with Gasteiger partial charge in [0, 0.05) is 18.6 Å². The van der Waals surface area contributed by atoms with Gasteiger partial charge in [0.05, 0.1) is 12.1 Å². The fourth-order valence-corrected chi connectivity index (χ4v) is 4.20. The van der Waals surface area contributed by atoms with Gasteiger partial charge in [0.2, 0.25) is 5.79 Å². The van der Waals surface area contributed by atoms with E-state index in [1.807, 2.05) is 18.2 Å². The molecule has 4 saturated heterocycles. The van der Waals surface area contributed by atoms with Crippen LogP contribution in [0.3, 0.4) is 0 Å². The summed E-state index contributed by atoms with van der Waals surface area (Å²) in [6, 6.07) is 7.52. The van der Waals surface area contributed by atoms with E-state index in [4.69, 9.17) is 9.57 Å². The molecule has 2 N–H and O–H groups in total. The van der Waals surface area contributed by atoms with Crippen LogP contribution in [0.5, 0.6) is 5.75 Å². The molecule has 0 aliphatic carbocycles. The number of benzene rings is 1. The van der Waals surface area contributed by atoms with Crippen LogP contribution in [0, 0.1) is 5.92 Å². The predicted octanol–water partition coefficient (Wildman–Crippen LogP) is 1.41. The third-order valence-corrected chi connectivity index (χ3v) is 5.16. The summed E-state index contributed by atoms with van der Waals surface area (Å²) in [6.07, 6.45) is 2.22. The molecule has 1 aromatic carbocycles. The molecule has 0 saturated carbocycles. The molecular weight excluding hydrogens is 256 g/mol. The topological polar surface area (TPSA) is 54.0 Å². The minimum atomic E-state index is -0.580. The lowest BCUT2D eigenvalue weighted by molar-refractivity contribution is -0.298. The molecule has 1 aromatic rings. The number of phenolic OH excluding ortho intramolecular Hbond substituents is 1. The average Bonchev–Trinajstić information content (AvgIpc) is 2.92. The molecular formula is C15H20N2O3. The fraction of sp³-hybridized carbons (Fsp3) is 0.600. The van der Waals surface area contributed by atoms with E-state index >= 15 is 0 Å². The van der Waals surface area contributed by atoms with Gasteiger partial charge in [-0.2, -0.15) is 5.48 Å². The highest BCUT2D eigenvalue weighted by molar-refractivity contribution is 5.37. The van der Waals surface area contributed by atoms with Gasteiger partial charge in [-0.05, 0) is 32.0 Å². The molecule has 2 bridgehead atoms. The zero-order valence-corrected chi connectivity index (χ0v) is 11.6. The van der Waals surface area contributed by atoms with E-state index < -0.39 is 5.79 Å². The van der Waals surface area contributed by atoms with Crippen molar-refractivity contribution in [2.45, 2.75) is 30.7 Å². The third-order valence-electron chi connectivity index (χ3n) is 5.16. The summed E-state index contributed by atoms with van der Waals surface area (Å²) in [4.78, 5) is 8.36. The number of nitrogens with one attached hydrogen (secondary N) is 1. The smallest absolute Gasteiger partial charge is 0.207 e. The van der Waals surface area contributed by atoms with Crippen molar-refractivity contribution in [1.29, 1.82) is 0 Å². The first-order valence-electron chi connectivity index (χ1n) is 7.27. The van der Waals surface area contributed by atoms with Crippen LogP contribution >= 0.6 is 0 Å². The molecule has 4 aliphatic rings. The number of phenols is 1. The monoisotopic (exact) mass is 276 g/mol. The summed E-state index contributed by atoms with van der Waals surface area (Å²) in [6.45, 7) is 2.16. The quantitative estimate of drug-likeness (QED) is 0.855. The largest absolute Gasteiger partial charge is 0.508 e. The van der Waals surface area contributed by atoms with Crippen LogP contribution in [0.4, 0.5) is 0 Å². The Morgan fingerprint density at radius 2 is 2.10 bits per heavy atom. The summed E-state index contributed by atoms with van der Waals surface area (Å²) in [5.74, 6) is 0.151. The van der Waals surface area contributed by atoms with Gasteiger partial charge in [-0.3, -0.25) is 9.74 Å². The number of piperidine rings is 3. The highest BCUT2D eigenvalue weighted by atomic mass is 16.8. The minimum absolute atomic E-state index is 0.0563. The molecule has 0 aromatic heterocycles. The number of para-hydroxylation sites is 1. The number of rotatable bonds is 2. The lowest BCUT2D eigenvalue weighted by atomic mass is 9.74. The molecule has 4 heterocycles. The standard InChI is InChI=1S/C15H20N2O3/c1-19-15-10-6-8-17(9-7-10)14(15)13(16-20-15)11-4-2-3-5-12(11)18/h2-5,10,13-14,16,18H,6-9H2,1H3/t13-,14+,15-/m0/s1. The van der Waals surface area contributed by atoms with Gasteiger partial charge < -0.3 is 9.84 Å². The molecule has 3 atom stereocenters. The Balaban J connectivity index is 1.76. The van der Waals surface area contributed by atoms with Gasteiger partial charge >= 0.3 is 0 Å². The molecule has 108 valence electrons. The summed E-state index contributed by atoms with van der Waals surface area (Å²) in [7, 11) is 1.73. The van der Waals surface area contributed by atoms with Crippen LogP contribution < -0.4 is 5.48 Å². The van der Waals surface area contributed by atoms with E-state index in [9.17, 15) is 5.11 Å². The molecule has 4 fully saturated rings. The van der Waals surface area contributed by atoms with E-state index in [1.165, 1.54) is 0 Å². The maximum atomic E-state index is 10.1. The maximum absolute atomic E-state index is 10.1. The van der Waals surface area contributed by atoms with Crippen molar-refractivity contribution in [1.82, 2.24) is 10.4 Å².